The second-order valence-corrected chi connectivity index (χ2v) is 5.77. The third-order valence-electron chi connectivity index (χ3n) is 4.06. The standard InChI is InChI=1S/C17H22N4O/c22-17(13-20-9-4-5-10-20)19-16(12-21-11-8-18-14-21)15-6-2-1-3-7-15/h1-3,6-8,11,14,16H,4-5,9-10,12-13H2,(H,19,22)/t16-/m1/s1. The lowest BCUT2D eigenvalue weighted by Crippen LogP contribution is -2.38. The molecule has 1 aliphatic heterocycles. The summed E-state index contributed by atoms with van der Waals surface area (Å²) >= 11 is 0. The number of amides is 1. The quantitative estimate of drug-likeness (QED) is 0.885. The third-order valence-corrected chi connectivity index (χ3v) is 4.06. The summed E-state index contributed by atoms with van der Waals surface area (Å²) < 4.78 is 1.99. The van der Waals surface area contributed by atoms with Gasteiger partial charge in [-0.2, -0.15) is 0 Å². The number of nitrogens with one attached hydrogen (secondary N) is 1. The second-order valence-electron chi connectivity index (χ2n) is 5.77. The Bertz CT molecular complexity index is 576. The predicted molar refractivity (Wildman–Crippen MR) is 85.2 cm³/mol. The number of nitrogens with zero attached hydrogens (tertiary/aromatic N) is 3. The van der Waals surface area contributed by atoms with Crippen LogP contribution in [0.3, 0.4) is 0 Å². The van der Waals surface area contributed by atoms with E-state index in [1.54, 1.807) is 12.5 Å². The van der Waals surface area contributed by atoms with Crippen molar-refractivity contribution >= 4 is 5.91 Å². The fourth-order valence-corrected chi connectivity index (χ4v) is 2.91. The van der Waals surface area contributed by atoms with Crippen LogP contribution >= 0.6 is 0 Å². The average Bonchev–Trinajstić information content (AvgIpc) is 3.21. The van der Waals surface area contributed by atoms with Gasteiger partial charge in [0.2, 0.25) is 5.91 Å². The summed E-state index contributed by atoms with van der Waals surface area (Å²) in [5.74, 6) is 0.0934. The monoisotopic (exact) mass is 298 g/mol. The molecule has 0 bridgehead atoms. The van der Waals surface area contributed by atoms with Crippen LogP contribution in [0.2, 0.25) is 0 Å². The van der Waals surface area contributed by atoms with Crippen molar-refractivity contribution in [3.63, 3.8) is 0 Å². The van der Waals surface area contributed by atoms with E-state index in [4.69, 9.17) is 0 Å². The summed E-state index contributed by atoms with van der Waals surface area (Å²) in [6.07, 6.45) is 7.86. The first-order chi connectivity index (χ1) is 10.8. The van der Waals surface area contributed by atoms with Crippen LogP contribution in [0.5, 0.6) is 0 Å². The molecule has 2 heterocycles. The minimum atomic E-state index is -0.0366. The molecule has 1 fully saturated rings. The Labute approximate surface area is 131 Å². The van der Waals surface area contributed by atoms with E-state index in [0.717, 1.165) is 18.7 Å². The number of benzene rings is 1. The van der Waals surface area contributed by atoms with Crippen LogP contribution in [-0.4, -0.2) is 40.0 Å². The van der Waals surface area contributed by atoms with Gasteiger partial charge in [0.05, 0.1) is 18.9 Å². The van der Waals surface area contributed by atoms with Crippen molar-refractivity contribution in [2.45, 2.75) is 25.4 Å². The zero-order valence-corrected chi connectivity index (χ0v) is 12.7. The van der Waals surface area contributed by atoms with Gasteiger partial charge >= 0.3 is 0 Å². The molecule has 0 unspecified atom stereocenters. The summed E-state index contributed by atoms with van der Waals surface area (Å²) in [4.78, 5) is 18.6. The van der Waals surface area contributed by atoms with E-state index in [-0.39, 0.29) is 11.9 Å². The van der Waals surface area contributed by atoms with E-state index in [1.807, 2.05) is 29.0 Å². The van der Waals surface area contributed by atoms with Crippen LogP contribution in [0.4, 0.5) is 0 Å². The van der Waals surface area contributed by atoms with Crippen LogP contribution in [0.15, 0.2) is 49.1 Å². The largest absolute Gasteiger partial charge is 0.346 e. The zero-order chi connectivity index (χ0) is 15.2. The number of hydrogen-bond donors (Lipinski definition) is 1. The van der Waals surface area contributed by atoms with Crippen molar-refractivity contribution in [3.8, 4) is 0 Å². The Balaban J connectivity index is 1.66. The van der Waals surface area contributed by atoms with Gasteiger partial charge in [-0.25, -0.2) is 4.98 Å². The molecule has 0 spiro atoms. The number of rotatable bonds is 6. The number of likely N-dealkylation sites (tertiary alicyclic amines) is 1. The summed E-state index contributed by atoms with van der Waals surface area (Å²) in [5.41, 5.74) is 1.12. The van der Waals surface area contributed by atoms with Gasteiger partial charge in [0.15, 0.2) is 0 Å². The normalized spacial score (nSPS) is 16.5. The number of carbonyl (C=O) groups is 1. The second kappa shape index (κ2) is 7.22. The maximum absolute atomic E-state index is 12.3. The molecule has 1 atom stereocenters. The van der Waals surface area contributed by atoms with Crippen molar-refractivity contribution in [1.82, 2.24) is 19.8 Å². The van der Waals surface area contributed by atoms with Crippen molar-refractivity contribution in [1.29, 1.82) is 0 Å². The van der Waals surface area contributed by atoms with E-state index in [0.29, 0.717) is 13.1 Å². The maximum atomic E-state index is 12.3. The van der Waals surface area contributed by atoms with Gasteiger partial charge in [-0.05, 0) is 31.5 Å². The van der Waals surface area contributed by atoms with Crippen LogP contribution in [0, 0.1) is 0 Å². The highest BCUT2D eigenvalue weighted by Gasteiger charge is 2.19. The molecule has 0 aliphatic carbocycles. The number of carbonyl (C=O) groups excluding carboxylic acids is 1. The van der Waals surface area contributed by atoms with E-state index in [1.165, 1.54) is 12.8 Å². The van der Waals surface area contributed by atoms with Gasteiger partial charge in [-0.3, -0.25) is 9.69 Å². The van der Waals surface area contributed by atoms with Gasteiger partial charge in [0.1, 0.15) is 0 Å². The lowest BCUT2D eigenvalue weighted by atomic mass is 10.1. The summed E-state index contributed by atoms with van der Waals surface area (Å²) in [7, 11) is 0. The van der Waals surface area contributed by atoms with E-state index < -0.39 is 0 Å². The smallest absolute Gasteiger partial charge is 0.234 e. The maximum Gasteiger partial charge on any atom is 0.234 e. The highest BCUT2D eigenvalue weighted by molar-refractivity contribution is 5.78. The minimum absolute atomic E-state index is 0.0366. The molecule has 0 radical (unpaired) electrons. The summed E-state index contributed by atoms with van der Waals surface area (Å²) in [6, 6.07) is 10.1. The van der Waals surface area contributed by atoms with Crippen molar-refractivity contribution in [2.75, 3.05) is 19.6 Å². The SMILES string of the molecule is O=C(CN1CCCC1)N[C@H](Cn1ccnc1)c1ccccc1. The van der Waals surface area contributed by atoms with E-state index in [2.05, 4.69) is 27.3 Å². The first-order valence-corrected chi connectivity index (χ1v) is 7.83. The third kappa shape index (κ3) is 3.95. The fraction of sp³-hybridized carbons (Fsp3) is 0.412. The Hall–Kier alpha value is -2.14. The predicted octanol–water partition coefficient (Wildman–Crippen LogP) is 1.84. The van der Waals surface area contributed by atoms with E-state index in [9.17, 15) is 4.79 Å². The highest BCUT2D eigenvalue weighted by atomic mass is 16.2. The molecule has 1 aromatic heterocycles. The van der Waals surface area contributed by atoms with Gasteiger partial charge in [0.25, 0.3) is 0 Å². The molecule has 2 aromatic rings. The van der Waals surface area contributed by atoms with Crippen molar-refractivity contribution in [3.05, 3.63) is 54.6 Å². The lowest BCUT2D eigenvalue weighted by Gasteiger charge is -2.22. The van der Waals surface area contributed by atoms with Crippen molar-refractivity contribution in [2.24, 2.45) is 0 Å². The van der Waals surface area contributed by atoms with Gasteiger partial charge < -0.3 is 9.88 Å². The molecule has 5 heteroatoms. The molecular formula is C17H22N4O. The van der Waals surface area contributed by atoms with Crippen LogP contribution in [0.25, 0.3) is 0 Å². The Morgan fingerprint density at radius 2 is 2.00 bits per heavy atom. The van der Waals surface area contributed by atoms with Crippen LogP contribution < -0.4 is 5.32 Å². The molecule has 3 rings (SSSR count). The topological polar surface area (TPSA) is 50.2 Å². The number of aromatic nitrogens is 2. The van der Waals surface area contributed by atoms with Crippen LogP contribution in [-0.2, 0) is 11.3 Å². The number of imidazole rings is 1. The Kier molecular flexibility index (Phi) is 4.85. The van der Waals surface area contributed by atoms with Gasteiger partial charge in [-0.1, -0.05) is 30.3 Å². The molecular weight excluding hydrogens is 276 g/mol. The summed E-state index contributed by atoms with van der Waals surface area (Å²) in [6.45, 7) is 3.25. The van der Waals surface area contributed by atoms with E-state index >= 15 is 0 Å². The van der Waals surface area contributed by atoms with Crippen molar-refractivity contribution < 1.29 is 4.79 Å². The van der Waals surface area contributed by atoms with Crippen LogP contribution in [0.1, 0.15) is 24.4 Å². The number of hydrogen-bond acceptors (Lipinski definition) is 3. The molecule has 0 saturated carbocycles. The summed E-state index contributed by atoms with van der Waals surface area (Å²) in [5, 5.41) is 3.17. The highest BCUT2D eigenvalue weighted by Crippen LogP contribution is 2.15. The average molecular weight is 298 g/mol. The molecule has 1 aromatic carbocycles. The Morgan fingerprint density at radius 3 is 2.68 bits per heavy atom. The molecule has 1 saturated heterocycles. The molecule has 1 N–H and O–H groups in total. The molecule has 5 nitrogen and oxygen atoms in total. The first-order valence-electron chi connectivity index (χ1n) is 7.83. The molecule has 116 valence electrons. The molecule has 1 amide bonds. The lowest BCUT2D eigenvalue weighted by molar-refractivity contribution is -0.122. The minimum Gasteiger partial charge on any atom is -0.346 e. The molecule has 22 heavy (non-hydrogen) atoms. The fourth-order valence-electron chi connectivity index (χ4n) is 2.91. The van der Waals surface area contributed by atoms with Gasteiger partial charge in [0, 0.05) is 18.9 Å². The molecule has 1 aliphatic rings. The zero-order valence-electron chi connectivity index (χ0n) is 12.7. The van der Waals surface area contributed by atoms with Gasteiger partial charge in [-0.15, -0.1) is 0 Å². The Morgan fingerprint density at radius 1 is 1.23 bits per heavy atom. The first kappa shape index (κ1) is 14.8.